The van der Waals surface area contributed by atoms with E-state index < -0.39 is 17.9 Å². The molecule has 1 rings (SSSR count). The molecule has 70 valence electrons. The molecule has 0 aliphatic carbocycles. The third-order valence-corrected chi connectivity index (χ3v) is 1.37. The fraction of sp³-hybridized carbons (Fsp3) is 0.286. The lowest BCUT2D eigenvalue weighted by atomic mass is 10.3. The van der Waals surface area contributed by atoms with E-state index in [9.17, 15) is 9.59 Å². The summed E-state index contributed by atoms with van der Waals surface area (Å²) < 4.78 is 4.66. The SMILES string of the molecule is C[C@H](NC(=O)c1cnco1)C(=O)O. The highest BCUT2D eigenvalue weighted by Gasteiger charge is 2.16. The topological polar surface area (TPSA) is 92.4 Å². The van der Waals surface area contributed by atoms with Gasteiger partial charge in [0.15, 0.2) is 6.39 Å². The number of aromatic nitrogens is 1. The fourth-order valence-electron chi connectivity index (χ4n) is 0.657. The van der Waals surface area contributed by atoms with Gasteiger partial charge in [-0.25, -0.2) is 4.98 Å². The number of carboxylic acids is 1. The Kier molecular flexibility index (Phi) is 2.63. The van der Waals surface area contributed by atoms with E-state index in [0.717, 1.165) is 6.39 Å². The van der Waals surface area contributed by atoms with Gasteiger partial charge in [-0.05, 0) is 6.92 Å². The van der Waals surface area contributed by atoms with Crippen molar-refractivity contribution in [1.82, 2.24) is 10.3 Å². The maximum atomic E-state index is 11.1. The van der Waals surface area contributed by atoms with Crippen LogP contribution in [0.15, 0.2) is 17.0 Å². The van der Waals surface area contributed by atoms with Crippen molar-refractivity contribution >= 4 is 11.9 Å². The molecule has 6 heteroatoms. The Morgan fingerprint density at radius 2 is 2.38 bits per heavy atom. The van der Waals surface area contributed by atoms with Gasteiger partial charge < -0.3 is 14.8 Å². The van der Waals surface area contributed by atoms with Crippen molar-refractivity contribution in [2.75, 3.05) is 0 Å². The summed E-state index contributed by atoms with van der Waals surface area (Å²) in [5, 5.41) is 10.7. The van der Waals surface area contributed by atoms with Gasteiger partial charge in [0.25, 0.3) is 5.91 Å². The van der Waals surface area contributed by atoms with Crippen LogP contribution < -0.4 is 5.32 Å². The molecular formula is C7H8N2O4. The Morgan fingerprint density at radius 3 is 2.85 bits per heavy atom. The number of oxazole rings is 1. The van der Waals surface area contributed by atoms with Crippen LogP contribution in [-0.2, 0) is 4.79 Å². The van der Waals surface area contributed by atoms with E-state index in [-0.39, 0.29) is 5.76 Å². The number of carbonyl (C=O) groups is 2. The van der Waals surface area contributed by atoms with E-state index in [2.05, 4.69) is 14.7 Å². The quantitative estimate of drug-likeness (QED) is 0.683. The molecule has 1 heterocycles. The minimum Gasteiger partial charge on any atom is -0.480 e. The van der Waals surface area contributed by atoms with Crippen LogP contribution in [0, 0.1) is 0 Å². The van der Waals surface area contributed by atoms with Crippen LogP contribution >= 0.6 is 0 Å². The van der Waals surface area contributed by atoms with Crippen molar-refractivity contribution in [1.29, 1.82) is 0 Å². The Bertz CT molecular complexity index is 306. The highest BCUT2D eigenvalue weighted by molar-refractivity contribution is 5.93. The summed E-state index contributed by atoms with van der Waals surface area (Å²) in [6, 6.07) is -0.947. The van der Waals surface area contributed by atoms with Crippen LogP contribution in [0.2, 0.25) is 0 Å². The van der Waals surface area contributed by atoms with Crippen molar-refractivity contribution < 1.29 is 19.1 Å². The molecule has 0 unspecified atom stereocenters. The van der Waals surface area contributed by atoms with E-state index >= 15 is 0 Å². The molecule has 0 saturated carbocycles. The van der Waals surface area contributed by atoms with Gasteiger partial charge in [-0.15, -0.1) is 0 Å². The van der Waals surface area contributed by atoms with Crippen molar-refractivity contribution in [3.8, 4) is 0 Å². The van der Waals surface area contributed by atoms with Gasteiger partial charge in [-0.1, -0.05) is 0 Å². The lowest BCUT2D eigenvalue weighted by Crippen LogP contribution is -2.38. The Balaban J connectivity index is 2.56. The summed E-state index contributed by atoms with van der Waals surface area (Å²) >= 11 is 0. The van der Waals surface area contributed by atoms with Crippen molar-refractivity contribution in [3.63, 3.8) is 0 Å². The maximum Gasteiger partial charge on any atom is 0.325 e. The summed E-state index contributed by atoms with van der Waals surface area (Å²) in [6.07, 6.45) is 2.31. The summed E-state index contributed by atoms with van der Waals surface area (Å²) in [5.41, 5.74) is 0. The predicted molar refractivity (Wildman–Crippen MR) is 41.1 cm³/mol. The van der Waals surface area contributed by atoms with Crippen LogP contribution in [0.3, 0.4) is 0 Å². The first kappa shape index (κ1) is 9.24. The molecule has 0 aliphatic rings. The molecule has 6 nitrogen and oxygen atoms in total. The molecule has 2 N–H and O–H groups in total. The molecule has 0 spiro atoms. The van der Waals surface area contributed by atoms with Gasteiger partial charge in [0.1, 0.15) is 6.04 Å². The fourth-order valence-corrected chi connectivity index (χ4v) is 0.657. The van der Waals surface area contributed by atoms with Crippen LogP contribution in [0.4, 0.5) is 0 Å². The average Bonchev–Trinajstić information content (AvgIpc) is 2.55. The third kappa shape index (κ3) is 2.29. The predicted octanol–water partition coefficient (Wildman–Crippen LogP) is -0.123. The molecule has 1 atom stereocenters. The average molecular weight is 184 g/mol. The summed E-state index contributed by atoms with van der Waals surface area (Å²) in [5.74, 6) is -1.70. The molecule has 13 heavy (non-hydrogen) atoms. The van der Waals surface area contributed by atoms with Crippen LogP contribution in [0.1, 0.15) is 17.5 Å². The Labute approximate surface area is 73.6 Å². The van der Waals surface area contributed by atoms with E-state index in [1.165, 1.54) is 13.1 Å². The van der Waals surface area contributed by atoms with Crippen LogP contribution in [0.5, 0.6) is 0 Å². The maximum absolute atomic E-state index is 11.1. The van der Waals surface area contributed by atoms with E-state index in [1.807, 2.05) is 0 Å². The molecule has 0 radical (unpaired) electrons. The number of carboxylic acid groups (broad SMARTS) is 1. The molecular weight excluding hydrogens is 176 g/mol. The van der Waals surface area contributed by atoms with Gasteiger partial charge in [0.2, 0.25) is 5.76 Å². The van der Waals surface area contributed by atoms with Gasteiger partial charge in [0.05, 0.1) is 6.20 Å². The highest BCUT2D eigenvalue weighted by Crippen LogP contribution is 1.96. The molecule has 1 aromatic heterocycles. The van der Waals surface area contributed by atoms with Gasteiger partial charge in [-0.2, -0.15) is 0 Å². The standard InChI is InChI=1S/C7H8N2O4/c1-4(7(11)12)9-6(10)5-2-8-3-13-5/h2-4H,1H3,(H,9,10)(H,11,12)/t4-/m0/s1. The van der Waals surface area contributed by atoms with Crippen molar-refractivity contribution in [2.24, 2.45) is 0 Å². The first-order valence-corrected chi connectivity index (χ1v) is 3.53. The zero-order valence-electron chi connectivity index (χ0n) is 6.85. The van der Waals surface area contributed by atoms with Gasteiger partial charge in [-0.3, -0.25) is 9.59 Å². The van der Waals surface area contributed by atoms with Gasteiger partial charge >= 0.3 is 5.97 Å². The Hall–Kier alpha value is -1.85. The second kappa shape index (κ2) is 3.70. The molecule has 0 aliphatic heterocycles. The summed E-state index contributed by atoms with van der Waals surface area (Å²) in [6.45, 7) is 1.36. The molecule has 0 bridgehead atoms. The van der Waals surface area contributed by atoms with Gasteiger partial charge in [0, 0.05) is 0 Å². The number of rotatable bonds is 3. The first-order valence-electron chi connectivity index (χ1n) is 3.53. The molecule has 1 amide bonds. The third-order valence-electron chi connectivity index (χ3n) is 1.37. The van der Waals surface area contributed by atoms with Crippen molar-refractivity contribution in [2.45, 2.75) is 13.0 Å². The minimum absolute atomic E-state index is 0.00639. The lowest BCUT2D eigenvalue weighted by molar-refractivity contribution is -0.138. The number of amides is 1. The lowest BCUT2D eigenvalue weighted by Gasteiger charge is -2.06. The van der Waals surface area contributed by atoms with E-state index in [1.54, 1.807) is 0 Å². The number of nitrogens with one attached hydrogen (secondary N) is 1. The van der Waals surface area contributed by atoms with Crippen LogP contribution in [0.25, 0.3) is 0 Å². The molecule has 0 saturated heterocycles. The second-order valence-electron chi connectivity index (χ2n) is 2.40. The second-order valence-corrected chi connectivity index (χ2v) is 2.40. The molecule has 0 fully saturated rings. The summed E-state index contributed by atoms with van der Waals surface area (Å²) in [4.78, 5) is 25.0. The number of hydrogen-bond acceptors (Lipinski definition) is 4. The van der Waals surface area contributed by atoms with E-state index in [0.29, 0.717) is 0 Å². The minimum atomic E-state index is -1.10. The van der Waals surface area contributed by atoms with Crippen LogP contribution in [-0.4, -0.2) is 28.0 Å². The molecule has 1 aromatic rings. The first-order chi connectivity index (χ1) is 6.11. The molecule has 0 aromatic carbocycles. The summed E-state index contributed by atoms with van der Waals surface area (Å²) in [7, 11) is 0. The largest absolute Gasteiger partial charge is 0.480 e. The Morgan fingerprint density at radius 1 is 1.69 bits per heavy atom. The number of nitrogens with zero attached hydrogens (tertiary/aromatic N) is 1. The smallest absolute Gasteiger partial charge is 0.325 e. The van der Waals surface area contributed by atoms with E-state index in [4.69, 9.17) is 5.11 Å². The number of hydrogen-bond donors (Lipinski definition) is 2. The normalized spacial score (nSPS) is 12.1. The zero-order chi connectivity index (χ0) is 9.84. The monoisotopic (exact) mass is 184 g/mol. The number of aliphatic carboxylic acids is 1. The van der Waals surface area contributed by atoms with Crippen molar-refractivity contribution in [3.05, 3.63) is 18.4 Å². The highest BCUT2D eigenvalue weighted by atomic mass is 16.4. The zero-order valence-corrected chi connectivity index (χ0v) is 6.85. The number of carbonyl (C=O) groups excluding carboxylic acids is 1.